The highest BCUT2D eigenvalue weighted by atomic mass is 32.1. The summed E-state index contributed by atoms with van der Waals surface area (Å²) in [6, 6.07) is 7.35. The molecule has 0 aliphatic rings. The fourth-order valence-corrected chi connectivity index (χ4v) is 2.23. The van der Waals surface area contributed by atoms with E-state index < -0.39 is 0 Å². The summed E-state index contributed by atoms with van der Waals surface area (Å²) in [6.07, 6.45) is 0. The van der Waals surface area contributed by atoms with Crippen LogP contribution < -0.4 is 16.4 Å². The molecule has 6 nitrogen and oxygen atoms in total. The Kier molecular flexibility index (Phi) is 4.65. The highest BCUT2D eigenvalue weighted by molar-refractivity contribution is 7.15. The van der Waals surface area contributed by atoms with Crippen LogP contribution in [0.4, 0.5) is 10.8 Å². The summed E-state index contributed by atoms with van der Waals surface area (Å²) in [4.78, 5) is 11.9. The van der Waals surface area contributed by atoms with Gasteiger partial charge in [-0.05, 0) is 32.0 Å². The number of carbonyl (C=O) groups excluding carboxylic acids is 1. The monoisotopic (exact) mass is 291 g/mol. The van der Waals surface area contributed by atoms with E-state index in [0.717, 1.165) is 10.7 Å². The first-order chi connectivity index (χ1) is 9.58. The molecule has 1 aromatic carbocycles. The van der Waals surface area contributed by atoms with Gasteiger partial charge in [0.1, 0.15) is 5.01 Å². The Labute approximate surface area is 121 Å². The lowest BCUT2D eigenvalue weighted by Gasteiger charge is -2.09. The minimum absolute atomic E-state index is 0.0939. The number of rotatable bonds is 5. The summed E-state index contributed by atoms with van der Waals surface area (Å²) in [7, 11) is 0. The molecule has 0 unspecified atom stereocenters. The van der Waals surface area contributed by atoms with E-state index in [-0.39, 0.29) is 11.9 Å². The highest BCUT2D eigenvalue weighted by Gasteiger charge is 2.08. The minimum Gasteiger partial charge on any atom is -0.350 e. The summed E-state index contributed by atoms with van der Waals surface area (Å²) < 4.78 is 0. The van der Waals surface area contributed by atoms with E-state index in [2.05, 4.69) is 20.8 Å². The van der Waals surface area contributed by atoms with Crippen molar-refractivity contribution in [3.63, 3.8) is 0 Å². The van der Waals surface area contributed by atoms with Crippen molar-refractivity contribution in [2.24, 2.45) is 5.73 Å². The molecule has 0 fully saturated rings. The van der Waals surface area contributed by atoms with E-state index in [1.165, 1.54) is 11.3 Å². The lowest BCUT2D eigenvalue weighted by atomic mass is 10.2. The van der Waals surface area contributed by atoms with Crippen LogP contribution >= 0.6 is 11.3 Å². The van der Waals surface area contributed by atoms with E-state index >= 15 is 0 Å². The van der Waals surface area contributed by atoms with Crippen molar-refractivity contribution in [1.82, 2.24) is 15.5 Å². The van der Waals surface area contributed by atoms with E-state index in [9.17, 15) is 4.79 Å². The average molecular weight is 291 g/mol. The summed E-state index contributed by atoms with van der Waals surface area (Å²) in [5.41, 5.74) is 6.89. The number of nitrogens with one attached hydrogen (secondary N) is 2. The zero-order chi connectivity index (χ0) is 14.5. The second kappa shape index (κ2) is 6.44. The Bertz CT molecular complexity index is 596. The summed E-state index contributed by atoms with van der Waals surface area (Å²) in [5, 5.41) is 15.3. The van der Waals surface area contributed by atoms with Gasteiger partial charge >= 0.3 is 0 Å². The van der Waals surface area contributed by atoms with Gasteiger partial charge in [-0.2, -0.15) is 0 Å². The van der Waals surface area contributed by atoms with Crippen LogP contribution in [0.2, 0.25) is 0 Å². The standard InChI is InChI=1S/C13H17N5OS/c1-8(2)15-12(19)9-4-3-5-10(6-9)16-13-18-17-11(7-14)20-13/h3-6,8H,7,14H2,1-2H3,(H,15,19)(H,16,18). The van der Waals surface area contributed by atoms with Gasteiger partial charge in [0.2, 0.25) is 5.13 Å². The van der Waals surface area contributed by atoms with Gasteiger partial charge in [0.05, 0.1) is 0 Å². The molecular weight excluding hydrogens is 274 g/mol. The molecule has 0 atom stereocenters. The molecule has 0 bridgehead atoms. The maximum atomic E-state index is 11.9. The number of nitrogens with two attached hydrogens (primary N) is 1. The molecule has 0 aliphatic heterocycles. The van der Waals surface area contributed by atoms with Crippen molar-refractivity contribution < 1.29 is 4.79 Å². The van der Waals surface area contributed by atoms with Crippen molar-refractivity contribution in [3.05, 3.63) is 34.8 Å². The van der Waals surface area contributed by atoms with Gasteiger partial charge in [-0.25, -0.2) is 0 Å². The molecule has 1 aromatic heterocycles. The van der Waals surface area contributed by atoms with Gasteiger partial charge in [-0.1, -0.05) is 17.4 Å². The first kappa shape index (κ1) is 14.4. The normalized spacial score (nSPS) is 10.6. The van der Waals surface area contributed by atoms with E-state index in [4.69, 9.17) is 5.73 Å². The zero-order valence-corrected chi connectivity index (χ0v) is 12.2. The highest BCUT2D eigenvalue weighted by Crippen LogP contribution is 2.21. The van der Waals surface area contributed by atoms with E-state index in [1.54, 1.807) is 12.1 Å². The molecule has 2 aromatic rings. The zero-order valence-electron chi connectivity index (χ0n) is 11.4. The van der Waals surface area contributed by atoms with Crippen molar-refractivity contribution in [1.29, 1.82) is 0 Å². The number of benzene rings is 1. The molecule has 0 aliphatic carbocycles. The molecule has 0 spiro atoms. The van der Waals surface area contributed by atoms with E-state index in [1.807, 2.05) is 26.0 Å². The number of amides is 1. The van der Waals surface area contributed by atoms with Crippen molar-refractivity contribution in [2.45, 2.75) is 26.4 Å². The van der Waals surface area contributed by atoms with Crippen LogP contribution in [0, 0.1) is 0 Å². The molecule has 0 saturated carbocycles. The summed E-state index contributed by atoms with van der Waals surface area (Å²) in [5.74, 6) is -0.0939. The number of hydrogen-bond donors (Lipinski definition) is 3. The maximum Gasteiger partial charge on any atom is 0.251 e. The first-order valence-electron chi connectivity index (χ1n) is 6.29. The third-order valence-corrected chi connectivity index (χ3v) is 3.30. The Hall–Kier alpha value is -1.99. The molecule has 1 heterocycles. The Morgan fingerprint density at radius 1 is 1.40 bits per heavy atom. The van der Waals surface area contributed by atoms with Crippen LogP contribution in [0.25, 0.3) is 0 Å². The second-order valence-electron chi connectivity index (χ2n) is 4.54. The van der Waals surface area contributed by atoms with Crippen LogP contribution in [0.5, 0.6) is 0 Å². The van der Waals surface area contributed by atoms with Gasteiger partial charge in [-0.15, -0.1) is 10.2 Å². The van der Waals surface area contributed by atoms with Gasteiger partial charge < -0.3 is 16.4 Å². The number of anilines is 2. The van der Waals surface area contributed by atoms with Crippen molar-refractivity contribution in [3.8, 4) is 0 Å². The number of carbonyl (C=O) groups is 1. The Morgan fingerprint density at radius 2 is 2.20 bits per heavy atom. The Morgan fingerprint density at radius 3 is 2.85 bits per heavy atom. The van der Waals surface area contributed by atoms with Crippen LogP contribution in [0.3, 0.4) is 0 Å². The molecule has 2 rings (SSSR count). The van der Waals surface area contributed by atoms with E-state index in [0.29, 0.717) is 17.2 Å². The fraction of sp³-hybridized carbons (Fsp3) is 0.308. The lowest BCUT2D eigenvalue weighted by molar-refractivity contribution is 0.0943. The molecule has 4 N–H and O–H groups in total. The molecule has 1 amide bonds. The maximum absolute atomic E-state index is 11.9. The number of nitrogens with zero attached hydrogens (tertiary/aromatic N) is 2. The van der Waals surface area contributed by atoms with Gasteiger partial charge in [0.15, 0.2) is 0 Å². The van der Waals surface area contributed by atoms with Gasteiger partial charge in [0, 0.05) is 23.8 Å². The molecule has 106 valence electrons. The third-order valence-electron chi connectivity index (χ3n) is 2.44. The van der Waals surface area contributed by atoms with Crippen molar-refractivity contribution in [2.75, 3.05) is 5.32 Å². The smallest absolute Gasteiger partial charge is 0.251 e. The van der Waals surface area contributed by atoms with Crippen LogP contribution in [-0.2, 0) is 6.54 Å². The molecule has 7 heteroatoms. The number of aromatic nitrogens is 2. The van der Waals surface area contributed by atoms with Gasteiger partial charge in [0.25, 0.3) is 5.91 Å². The fourth-order valence-electron chi connectivity index (χ4n) is 1.59. The molecular formula is C13H17N5OS. The van der Waals surface area contributed by atoms with Crippen LogP contribution in [0.15, 0.2) is 24.3 Å². The summed E-state index contributed by atoms with van der Waals surface area (Å²) >= 11 is 1.39. The predicted molar refractivity (Wildman–Crippen MR) is 80.1 cm³/mol. The van der Waals surface area contributed by atoms with Crippen molar-refractivity contribution >= 4 is 28.1 Å². The number of hydrogen-bond acceptors (Lipinski definition) is 6. The third kappa shape index (κ3) is 3.75. The molecule has 20 heavy (non-hydrogen) atoms. The quantitative estimate of drug-likeness (QED) is 0.782. The SMILES string of the molecule is CC(C)NC(=O)c1cccc(Nc2nnc(CN)s2)c1. The van der Waals surface area contributed by atoms with Crippen LogP contribution in [0.1, 0.15) is 29.2 Å². The molecule has 0 radical (unpaired) electrons. The minimum atomic E-state index is -0.0939. The Balaban J connectivity index is 2.11. The second-order valence-corrected chi connectivity index (χ2v) is 5.60. The van der Waals surface area contributed by atoms with Gasteiger partial charge in [-0.3, -0.25) is 4.79 Å². The first-order valence-corrected chi connectivity index (χ1v) is 7.10. The van der Waals surface area contributed by atoms with Crippen LogP contribution in [-0.4, -0.2) is 22.1 Å². The molecule has 0 saturated heterocycles. The largest absolute Gasteiger partial charge is 0.350 e. The topological polar surface area (TPSA) is 92.9 Å². The predicted octanol–water partition coefficient (Wildman–Crippen LogP) is 1.88. The lowest BCUT2D eigenvalue weighted by Crippen LogP contribution is -2.30. The summed E-state index contributed by atoms with van der Waals surface area (Å²) in [6.45, 7) is 4.22. The average Bonchev–Trinajstić information content (AvgIpc) is 2.86.